The predicted octanol–water partition coefficient (Wildman–Crippen LogP) is 1.55. The lowest BCUT2D eigenvalue weighted by Gasteiger charge is -2.12. The highest BCUT2D eigenvalue weighted by atomic mass is 16.3. The number of aromatic amines is 1. The van der Waals surface area contributed by atoms with Crippen LogP contribution in [0.3, 0.4) is 0 Å². The van der Waals surface area contributed by atoms with Gasteiger partial charge in [-0.2, -0.15) is 0 Å². The number of hydrogen-bond acceptors (Lipinski definition) is 3. The van der Waals surface area contributed by atoms with E-state index in [0.717, 1.165) is 29.8 Å². The van der Waals surface area contributed by atoms with Crippen LogP contribution in [0.5, 0.6) is 0 Å². The molecule has 0 aliphatic carbocycles. The van der Waals surface area contributed by atoms with Crippen LogP contribution in [-0.2, 0) is 13.0 Å². The highest BCUT2D eigenvalue weighted by molar-refractivity contribution is 5.75. The molecule has 0 radical (unpaired) electrons. The zero-order valence-corrected chi connectivity index (χ0v) is 10.4. The zero-order chi connectivity index (χ0) is 12.3. The van der Waals surface area contributed by atoms with E-state index in [1.807, 2.05) is 11.9 Å². The number of aliphatic hydroxyl groups excluding tert-OH is 1. The molecular weight excluding hydrogens is 214 g/mol. The second-order valence-corrected chi connectivity index (χ2v) is 4.35. The van der Waals surface area contributed by atoms with Crippen molar-refractivity contribution < 1.29 is 5.11 Å². The van der Waals surface area contributed by atoms with E-state index in [9.17, 15) is 0 Å². The van der Waals surface area contributed by atoms with Crippen molar-refractivity contribution in [2.75, 3.05) is 20.2 Å². The van der Waals surface area contributed by atoms with E-state index in [2.05, 4.69) is 35.1 Å². The fourth-order valence-electron chi connectivity index (χ4n) is 1.91. The van der Waals surface area contributed by atoms with Crippen molar-refractivity contribution in [2.45, 2.75) is 19.9 Å². The highest BCUT2D eigenvalue weighted by Gasteiger charge is 2.05. The van der Waals surface area contributed by atoms with Crippen molar-refractivity contribution in [2.24, 2.45) is 0 Å². The lowest BCUT2D eigenvalue weighted by Crippen LogP contribution is -2.22. The standard InChI is InChI=1S/C13H19N3O/c1-3-10-4-5-11-12(8-10)15-13(14-11)9-16(2)6-7-17/h4-5,8,17H,3,6-7,9H2,1-2H3,(H,14,15). The Morgan fingerprint density at radius 3 is 2.94 bits per heavy atom. The molecule has 0 atom stereocenters. The minimum absolute atomic E-state index is 0.177. The SMILES string of the molecule is CCc1ccc2nc(CN(C)CCO)[nH]c2c1. The summed E-state index contributed by atoms with van der Waals surface area (Å²) in [5, 5.41) is 8.85. The normalized spacial score (nSPS) is 11.5. The molecule has 0 saturated heterocycles. The summed E-state index contributed by atoms with van der Waals surface area (Å²) in [6, 6.07) is 6.32. The Morgan fingerprint density at radius 1 is 1.41 bits per heavy atom. The Bertz CT molecular complexity index is 492. The number of rotatable bonds is 5. The molecule has 1 aromatic carbocycles. The number of nitrogens with one attached hydrogen (secondary N) is 1. The smallest absolute Gasteiger partial charge is 0.121 e. The van der Waals surface area contributed by atoms with Crippen LogP contribution < -0.4 is 0 Å². The van der Waals surface area contributed by atoms with Gasteiger partial charge in [-0.1, -0.05) is 13.0 Å². The van der Waals surface area contributed by atoms with Gasteiger partial charge in [-0.3, -0.25) is 4.90 Å². The summed E-state index contributed by atoms with van der Waals surface area (Å²) >= 11 is 0. The van der Waals surface area contributed by atoms with E-state index in [1.54, 1.807) is 0 Å². The van der Waals surface area contributed by atoms with Gasteiger partial charge in [0.05, 0.1) is 24.2 Å². The van der Waals surface area contributed by atoms with E-state index < -0.39 is 0 Å². The van der Waals surface area contributed by atoms with Gasteiger partial charge in [-0.05, 0) is 31.2 Å². The van der Waals surface area contributed by atoms with Crippen molar-refractivity contribution in [3.05, 3.63) is 29.6 Å². The fraction of sp³-hybridized carbons (Fsp3) is 0.462. The third kappa shape index (κ3) is 2.84. The van der Waals surface area contributed by atoms with Gasteiger partial charge in [-0.15, -0.1) is 0 Å². The first kappa shape index (κ1) is 12.1. The third-order valence-corrected chi connectivity index (χ3v) is 2.90. The summed E-state index contributed by atoms with van der Waals surface area (Å²) in [7, 11) is 1.97. The number of likely N-dealkylation sites (N-methyl/N-ethyl adjacent to an activating group) is 1. The topological polar surface area (TPSA) is 52.1 Å². The number of H-pyrrole nitrogens is 1. The maximum atomic E-state index is 8.85. The quantitative estimate of drug-likeness (QED) is 0.824. The average Bonchev–Trinajstić information content (AvgIpc) is 2.69. The number of hydrogen-bond donors (Lipinski definition) is 2. The molecule has 0 spiro atoms. The molecule has 17 heavy (non-hydrogen) atoms. The van der Waals surface area contributed by atoms with E-state index in [0.29, 0.717) is 6.54 Å². The number of benzene rings is 1. The van der Waals surface area contributed by atoms with Gasteiger partial charge in [0.15, 0.2) is 0 Å². The lowest BCUT2D eigenvalue weighted by molar-refractivity contribution is 0.215. The van der Waals surface area contributed by atoms with Crippen LogP contribution in [0.1, 0.15) is 18.3 Å². The van der Waals surface area contributed by atoms with Gasteiger partial charge in [0.25, 0.3) is 0 Å². The number of aromatic nitrogens is 2. The van der Waals surface area contributed by atoms with Crippen LogP contribution in [0.4, 0.5) is 0 Å². The van der Waals surface area contributed by atoms with Crippen molar-refractivity contribution in [1.82, 2.24) is 14.9 Å². The monoisotopic (exact) mass is 233 g/mol. The number of aryl methyl sites for hydroxylation is 1. The van der Waals surface area contributed by atoms with Crippen LogP contribution in [0.25, 0.3) is 11.0 Å². The molecule has 0 aliphatic heterocycles. The molecular formula is C13H19N3O. The van der Waals surface area contributed by atoms with E-state index in [-0.39, 0.29) is 6.61 Å². The lowest BCUT2D eigenvalue weighted by atomic mass is 10.1. The maximum Gasteiger partial charge on any atom is 0.121 e. The summed E-state index contributed by atoms with van der Waals surface area (Å²) in [6.07, 6.45) is 1.04. The molecule has 0 fully saturated rings. The van der Waals surface area contributed by atoms with Gasteiger partial charge in [0.2, 0.25) is 0 Å². The molecule has 2 rings (SSSR count). The van der Waals surface area contributed by atoms with Crippen LogP contribution >= 0.6 is 0 Å². The highest BCUT2D eigenvalue weighted by Crippen LogP contribution is 2.14. The largest absolute Gasteiger partial charge is 0.395 e. The minimum Gasteiger partial charge on any atom is -0.395 e. The number of aliphatic hydroxyl groups is 1. The molecule has 2 aromatic rings. The second-order valence-electron chi connectivity index (χ2n) is 4.35. The number of nitrogens with zero attached hydrogens (tertiary/aromatic N) is 2. The molecule has 4 nitrogen and oxygen atoms in total. The molecule has 0 unspecified atom stereocenters. The van der Waals surface area contributed by atoms with Crippen LogP contribution in [0, 0.1) is 0 Å². The first-order valence-electron chi connectivity index (χ1n) is 6.00. The van der Waals surface area contributed by atoms with Gasteiger partial charge in [0.1, 0.15) is 5.82 Å². The van der Waals surface area contributed by atoms with E-state index in [4.69, 9.17) is 5.11 Å². The first-order chi connectivity index (χ1) is 8.22. The summed E-state index contributed by atoms with van der Waals surface area (Å²) in [5.74, 6) is 0.948. The first-order valence-corrected chi connectivity index (χ1v) is 6.00. The Kier molecular flexibility index (Phi) is 3.76. The summed E-state index contributed by atoms with van der Waals surface area (Å²) in [4.78, 5) is 9.90. The molecule has 0 amide bonds. The molecule has 4 heteroatoms. The average molecular weight is 233 g/mol. The summed E-state index contributed by atoms with van der Waals surface area (Å²) < 4.78 is 0. The van der Waals surface area contributed by atoms with Crippen LogP contribution in [-0.4, -0.2) is 40.2 Å². The Hall–Kier alpha value is -1.39. The molecule has 0 aliphatic rings. The zero-order valence-electron chi connectivity index (χ0n) is 10.4. The van der Waals surface area contributed by atoms with Crippen molar-refractivity contribution >= 4 is 11.0 Å². The van der Waals surface area contributed by atoms with Crippen LogP contribution in [0.15, 0.2) is 18.2 Å². The van der Waals surface area contributed by atoms with Gasteiger partial charge in [-0.25, -0.2) is 4.98 Å². The summed E-state index contributed by atoms with van der Waals surface area (Å²) in [6.45, 7) is 3.72. The molecule has 1 heterocycles. The second kappa shape index (κ2) is 5.29. The predicted molar refractivity (Wildman–Crippen MR) is 68.9 cm³/mol. The maximum absolute atomic E-state index is 8.85. The Morgan fingerprint density at radius 2 is 2.24 bits per heavy atom. The van der Waals surface area contributed by atoms with Crippen LogP contribution in [0.2, 0.25) is 0 Å². The fourth-order valence-corrected chi connectivity index (χ4v) is 1.91. The summed E-state index contributed by atoms with van der Waals surface area (Å²) in [5.41, 5.74) is 3.42. The van der Waals surface area contributed by atoms with E-state index >= 15 is 0 Å². The van der Waals surface area contributed by atoms with E-state index in [1.165, 1.54) is 5.56 Å². The number of imidazole rings is 1. The van der Waals surface area contributed by atoms with Gasteiger partial charge in [0, 0.05) is 6.54 Å². The minimum atomic E-state index is 0.177. The molecule has 1 aromatic heterocycles. The van der Waals surface area contributed by atoms with Gasteiger partial charge < -0.3 is 10.1 Å². The molecule has 2 N–H and O–H groups in total. The van der Waals surface area contributed by atoms with Crippen molar-refractivity contribution in [3.63, 3.8) is 0 Å². The third-order valence-electron chi connectivity index (χ3n) is 2.90. The number of fused-ring (bicyclic) bond motifs is 1. The van der Waals surface area contributed by atoms with Crippen molar-refractivity contribution in [1.29, 1.82) is 0 Å². The Balaban J connectivity index is 2.19. The molecule has 0 saturated carbocycles. The van der Waals surface area contributed by atoms with Gasteiger partial charge >= 0.3 is 0 Å². The molecule has 0 bridgehead atoms. The van der Waals surface area contributed by atoms with Crippen molar-refractivity contribution in [3.8, 4) is 0 Å². The molecule has 92 valence electrons. The Labute approximate surface area is 101 Å².